The Morgan fingerprint density at radius 3 is 2.48 bits per heavy atom. The minimum atomic E-state index is 0. The maximum atomic E-state index is 5.88. The molecule has 1 aliphatic heterocycles. The molecule has 5 nitrogen and oxygen atoms in total. The molecule has 0 spiro atoms. The van der Waals surface area contributed by atoms with Crippen molar-refractivity contribution in [3.05, 3.63) is 30.3 Å². The van der Waals surface area contributed by atoms with Crippen LogP contribution in [0.2, 0.25) is 0 Å². The first-order chi connectivity index (χ1) is 11.6. The SMILES string of the molecule is CC(C)CCNC(N)=NCCCN1CCN(c2ccccc2)CC1.I. The maximum absolute atomic E-state index is 5.88. The predicted molar refractivity (Wildman–Crippen MR) is 119 cm³/mol. The number of nitrogens with one attached hydrogen (secondary N) is 1. The Hall–Kier alpha value is -1.02. The van der Waals surface area contributed by atoms with Crippen LogP contribution in [-0.4, -0.2) is 56.7 Å². The van der Waals surface area contributed by atoms with Crippen molar-refractivity contribution in [2.45, 2.75) is 26.7 Å². The maximum Gasteiger partial charge on any atom is 0.188 e. The first-order valence-corrected chi connectivity index (χ1v) is 9.21. The fraction of sp³-hybridized carbons (Fsp3) is 0.632. The van der Waals surface area contributed by atoms with E-state index in [0.717, 1.165) is 58.7 Å². The summed E-state index contributed by atoms with van der Waals surface area (Å²) in [6.45, 7) is 11.7. The normalized spacial score (nSPS) is 16.0. The molecule has 1 aliphatic rings. The Labute approximate surface area is 170 Å². The number of guanidine groups is 1. The van der Waals surface area contributed by atoms with E-state index in [2.05, 4.69) is 64.3 Å². The Balaban J connectivity index is 0.00000312. The predicted octanol–water partition coefficient (Wildman–Crippen LogP) is 2.77. The number of halogens is 1. The van der Waals surface area contributed by atoms with Crippen LogP contribution >= 0.6 is 24.0 Å². The summed E-state index contributed by atoms with van der Waals surface area (Å²) in [7, 11) is 0. The van der Waals surface area contributed by atoms with Crippen LogP contribution in [0.5, 0.6) is 0 Å². The zero-order valence-corrected chi connectivity index (χ0v) is 18.0. The van der Waals surface area contributed by atoms with Crippen molar-refractivity contribution in [2.75, 3.05) is 50.7 Å². The lowest BCUT2D eigenvalue weighted by Crippen LogP contribution is -2.46. The number of anilines is 1. The van der Waals surface area contributed by atoms with Crippen molar-refractivity contribution < 1.29 is 0 Å². The highest BCUT2D eigenvalue weighted by atomic mass is 127. The van der Waals surface area contributed by atoms with Gasteiger partial charge in [-0.2, -0.15) is 0 Å². The Bertz CT molecular complexity index is 484. The van der Waals surface area contributed by atoms with E-state index in [1.54, 1.807) is 0 Å². The lowest BCUT2D eigenvalue weighted by Gasteiger charge is -2.36. The third kappa shape index (κ3) is 8.76. The molecule has 1 aromatic carbocycles. The van der Waals surface area contributed by atoms with Crippen LogP contribution in [-0.2, 0) is 0 Å². The zero-order valence-electron chi connectivity index (χ0n) is 15.7. The molecule has 0 saturated carbocycles. The van der Waals surface area contributed by atoms with Gasteiger partial charge in [-0.3, -0.25) is 9.89 Å². The fourth-order valence-corrected chi connectivity index (χ4v) is 2.91. The molecule has 0 aliphatic carbocycles. The highest BCUT2D eigenvalue weighted by molar-refractivity contribution is 14.0. The van der Waals surface area contributed by atoms with E-state index >= 15 is 0 Å². The standard InChI is InChI=1S/C19H33N5.HI/c1-17(2)9-11-22-19(20)21-10-6-12-23-13-15-24(16-14-23)18-7-4-3-5-8-18;/h3-5,7-8,17H,6,9-16H2,1-2H3,(H3,20,21,22);1H. The van der Waals surface area contributed by atoms with Crippen LogP contribution in [0.1, 0.15) is 26.7 Å². The van der Waals surface area contributed by atoms with Crippen molar-refractivity contribution in [1.82, 2.24) is 10.2 Å². The molecule has 6 heteroatoms. The molecule has 142 valence electrons. The van der Waals surface area contributed by atoms with Crippen LogP contribution in [0.25, 0.3) is 0 Å². The minimum Gasteiger partial charge on any atom is -0.370 e. The van der Waals surface area contributed by atoms with Crippen LogP contribution in [0.4, 0.5) is 5.69 Å². The number of nitrogens with zero attached hydrogens (tertiary/aromatic N) is 3. The van der Waals surface area contributed by atoms with Gasteiger partial charge in [0.05, 0.1) is 0 Å². The van der Waals surface area contributed by atoms with Crippen LogP contribution in [0.3, 0.4) is 0 Å². The molecule has 0 radical (unpaired) electrons. The smallest absolute Gasteiger partial charge is 0.188 e. The highest BCUT2D eigenvalue weighted by Crippen LogP contribution is 2.15. The third-order valence-corrected chi connectivity index (χ3v) is 4.44. The van der Waals surface area contributed by atoms with E-state index < -0.39 is 0 Å². The summed E-state index contributed by atoms with van der Waals surface area (Å²) >= 11 is 0. The largest absolute Gasteiger partial charge is 0.370 e. The topological polar surface area (TPSA) is 56.9 Å². The van der Waals surface area contributed by atoms with E-state index in [4.69, 9.17) is 5.73 Å². The molecule has 2 rings (SSSR count). The Morgan fingerprint density at radius 2 is 1.84 bits per heavy atom. The van der Waals surface area contributed by atoms with Crippen molar-refractivity contribution in [3.63, 3.8) is 0 Å². The lowest BCUT2D eigenvalue weighted by molar-refractivity contribution is 0.256. The second-order valence-corrected chi connectivity index (χ2v) is 6.89. The van der Waals surface area contributed by atoms with E-state index in [-0.39, 0.29) is 24.0 Å². The van der Waals surface area contributed by atoms with Crippen LogP contribution in [0.15, 0.2) is 35.3 Å². The van der Waals surface area contributed by atoms with Gasteiger partial charge < -0.3 is 16.0 Å². The molecule has 0 bridgehead atoms. The molecule has 0 aromatic heterocycles. The second-order valence-electron chi connectivity index (χ2n) is 6.89. The molecule has 1 fully saturated rings. The van der Waals surface area contributed by atoms with Crippen molar-refractivity contribution >= 4 is 35.6 Å². The van der Waals surface area contributed by atoms with Crippen LogP contribution < -0.4 is 16.0 Å². The average Bonchev–Trinajstić information content (AvgIpc) is 2.60. The molecule has 0 unspecified atom stereocenters. The molecule has 0 amide bonds. The summed E-state index contributed by atoms with van der Waals surface area (Å²) in [4.78, 5) is 9.40. The van der Waals surface area contributed by atoms with Gasteiger partial charge >= 0.3 is 0 Å². The zero-order chi connectivity index (χ0) is 17.2. The van der Waals surface area contributed by atoms with E-state index in [9.17, 15) is 0 Å². The van der Waals surface area contributed by atoms with Gasteiger partial charge in [-0.15, -0.1) is 24.0 Å². The number of rotatable bonds is 8. The van der Waals surface area contributed by atoms with Gasteiger partial charge in [0.25, 0.3) is 0 Å². The monoisotopic (exact) mass is 459 g/mol. The molecule has 3 N–H and O–H groups in total. The summed E-state index contributed by atoms with van der Waals surface area (Å²) in [5.74, 6) is 1.28. The summed E-state index contributed by atoms with van der Waals surface area (Å²) in [5.41, 5.74) is 7.22. The molecular formula is C19H34IN5. The Morgan fingerprint density at radius 1 is 1.16 bits per heavy atom. The summed E-state index contributed by atoms with van der Waals surface area (Å²) in [5, 5.41) is 3.18. The summed E-state index contributed by atoms with van der Waals surface area (Å²) in [6, 6.07) is 10.7. The number of para-hydroxylation sites is 1. The molecule has 25 heavy (non-hydrogen) atoms. The number of benzene rings is 1. The van der Waals surface area contributed by atoms with Gasteiger partial charge in [0.1, 0.15) is 0 Å². The number of hydrogen-bond donors (Lipinski definition) is 2. The second kappa shape index (κ2) is 12.4. The van der Waals surface area contributed by atoms with E-state index in [0.29, 0.717) is 11.9 Å². The van der Waals surface area contributed by atoms with Gasteiger partial charge in [0, 0.05) is 51.5 Å². The van der Waals surface area contributed by atoms with Gasteiger partial charge in [-0.1, -0.05) is 32.0 Å². The third-order valence-electron chi connectivity index (χ3n) is 4.44. The molecule has 1 saturated heterocycles. The average molecular weight is 459 g/mol. The van der Waals surface area contributed by atoms with E-state index in [1.807, 2.05) is 0 Å². The van der Waals surface area contributed by atoms with Crippen molar-refractivity contribution in [2.24, 2.45) is 16.6 Å². The molecular weight excluding hydrogens is 425 g/mol. The molecule has 1 heterocycles. The lowest BCUT2D eigenvalue weighted by atomic mass is 10.1. The van der Waals surface area contributed by atoms with Crippen LogP contribution in [0, 0.1) is 5.92 Å². The number of hydrogen-bond acceptors (Lipinski definition) is 3. The summed E-state index contributed by atoms with van der Waals surface area (Å²) in [6.07, 6.45) is 2.19. The van der Waals surface area contributed by atoms with Crippen molar-refractivity contribution in [1.29, 1.82) is 0 Å². The summed E-state index contributed by atoms with van der Waals surface area (Å²) < 4.78 is 0. The number of aliphatic imine (C=N–C) groups is 1. The first-order valence-electron chi connectivity index (χ1n) is 9.21. The fourth-order valence-electron chi connectivity index (χ4n) is 2.91. The van der Waals surface area contributed by atoms with Gasteiger partial charge in [-0.05, 0) is 30.9 Å². The quantitative estimate of drug-likeness (QED) is 0.272. The van der Waals surface area contributed by atoms with Gasteiger partial charge in [-0.25, -0.2) is 0 Å². The molecule has 1 aromatic rings. The van der Waals surface area contributed by atoms with E-state index in [1.165, 1.54) is 5.69 Å². The number of nitrogens with two attached hydrogens (primary N) is 1. The van der Waals surface area contributed by atoms with Crippen molar-refractivity contribution in [3.8, 4) is 0 Å². The Kier molecular flexibility index (Phi) is 10.9. The number of piperazine rings is 1. The molecule has 0 atom stereocenters. The van der Waals surface area contributed by atoms with Gasteiger partial charge in [0.15, 0.2) is 5.96 Å². The van der Waals surface area contributed by atoms with Gasteiger partial charge in [0.2, 0.25) is 0 Å². The highest BCUT2D eigenvalue weighted by Gasteiger charge is 2.16. The first kappa shape index (κ1) is 22.0. The minimum absolute atomic E-state index is 0.